The second-order valence-electron chi connectivity index (χ2n) is 5.82. The highest BCUT2D eigenvalue weighted by Gasteiger charge is 2.33. The number of aliphatic carboxylic acids is 1. The molecule has 0 atom stereocenters. The highest BCUT2D eigenvalue weighted by atomic mass is 16.5. The standard InChI is InChI=1S/C13H22N2O4/c1-13(4-6-19-7-5-13)14-12(18)15(9-11(16)17)8-10-2-3-10/h10H,2-9H2,1H3,(H,14,18)(H,16,17). The van der Waals surface area contributed by atoms with Gasteiger partial charge in [0.25, 0.3) is 0 Å². The molecule has 0 aromatic rings. The predicted molar refractivity (Wildman–Crippen MR) is 68.9 cm³/mol. The molecule has 2 rings (SSSR count). The van der Waals surface area contributed by atoms with Crippen molar-refractivity contribution in [2.24, 2.45) is 5.92 Å². The minimum atomic E-state index is -0.965. The largest absolute Gasteiger partial charge is 0.480 e. The van der Waals surface area contributed by atoms with Crippen LogP contribution in [0.1, 0.15) is 32.6 Å². The maximum Gasteiger partial charge on any atom is 0.323 e. The molecule has 0 spiro atoms. The SMILES string of the molecule is CC1(NC(=O)N(CC(=O)O)CC2CC2)CCOCC1. The van der Waals surface area contributed by atoms with Crippen LogP contribution in [0.4, 0.5) is 4.79 Å². The van der Waals surface area contributed by atoms with Crippen LogP contribution in [0.2, 0.25) is 0 Å². The van der Waals surface area contributed by atoms with Crippen LogP contribution in [-0.2, 0) is 9.53 Å². The molecule has 1 saturated carbocycles. The van der Waals surface area contributed by atoms with Crippen LogP contribution in [-0.4, -0.2) is 53.8 Å². The molecule has 6 nitrogen and oxygen atoms in total. The minimum absolute atomic E-state index is 0.227. The zero-order valence-electron chi connectivity index (χ0n) is 11.4. The van der Waals surface area contributed by atoms with Crippen molar-refractivity contribution < 1.29 is 19.4 Å². The van der Waals surface area contributed by atoms with Crippen LogP contribution < -0.4 is 5.32 Å². The number of hydrogen-bond donors (Lipinski definition) is 2. The molecule has 1 aliphatic carbocycles. The average molecular weight is 270 g/mol. The lowest BCUT2D eigenvalue weighted by Gasteiger charge is -2.36. The van der Waals surface area contributed by atoms with Crippen LogP contribution in [0.25, 0.3) is 0 Å². The van der Waals surface area contributed by atoms with E-state index in [4.69, 9.17) is 9.84 Å². The summed E-state index contributed by atoms with van der Waals surface area (Å²) in [6.07, 6.45) is 3.72. The first-order valence-corrected chi connectivity index (χ1v) is 6.85. The molecule has 0 bridgehead atoms. The maximum absolute atomic E-state index is 12.2. The third-order valence-corrected chi connectivity index (χ3v) is 3.79. The van der Waals surface area contributed by atoms with Crippen LogP contribution in [0.3, 0.4) is 0 Å². The predicted octanol–water partition coefficient (Wildman–Crippen LogP) is 1.06. The summed E-state index contributed by atoms with van der Waals surface area (Å²) >= 11 is 0. The van der Waals surface area contributed by atoms with Gasteiger partial charge in [-0.1, -0.05) is 0 Å². The van der Waals surface area contributed by atoms with E-state index in [0.717, 1.165) is 25.7 Å². The number of nitrogens with zero attached hydrogens (tertiary/aromatic N) is 1. The zero-order chi connectivity index (χ0) is 13.9. The molecule has 19 heavy (non-hydrogen) atoms. The van der Waals surface area contributed by atoms with Gasteiger partial charge < -0.3 is 20.1 Å². The second-order valence-corrected chi connectivity index (χ2v) is 5.82. The lowest BCUT2D eigenvalue weighted by Crippen LogP contribution is -2.55. The summed E-state index contributed by atoms with van der Waals surface area (Å²) < 4.78 is 5.29. The van der Waals surface area contributed by atoms with Crippen molar-refractivity contribution in [1.82, 2.24) is 10.2 Å². The normalized spacial score (nSPS) is 21.7. The minimum Gasteiger partial charge on any atom is -0.480 e. The van der Waals surface area contributed by atoms with Gasteiger partial charge in [0.15, 0.2) is 0 Å². The molecule has 2 fully saturated rings. The molecule has 0 unspecified atom stereocenters. The number of carbonyl (C=O) groups excluding carboxylic acids is 1. The molecule has 1 saturated heterocycles. The Morgan fingerprint density at radius 1 is 1.37 bits per heavy atom. The van der Waals surface area contributed by atoms with Gasteiger partial charge in [0, 0.05) is 25.3 Å². The highest BCUT2D eigenvalue weighted by Crippen LogP contribution is 2.30. The van der Waals surface area contributed by atoms with Crippen molar-refractivity contribution in [2.75, 3.05) is 26.3 Å². The molecule has 0 aromatic carbocycles. The fraction of sp³-hybridized carbons (Fsp3) is 0.846. The number of ether oxygens (including phenoxy) is 1. The van der Waals surface area contributed by atoms with E-state index in [9.17, 15) is 9.59 Å². The third kappa shape index (κ3) is 4.38. The Hall–Kier alpha value is -1.30. The van der Waals surface area contributed by atoms with Gasteiger partial charge in [0.1, 0.15) is 6.54 Å². The molecule has 2 aliphatic rings. The summed E-state index contributed by atoms with van der Waals surface area (Å²) in [5.41, 5.74) is -0.282. The summed E-state index contributed by atoms with van der Waals surface area (Å²) in [5.74, 6) is -0.486. The van der Waals surface area contributed by atoms with Gasteiger partial charge in [-0.15, -0.1) is 0 Å². The van der Waals surface area contributed by atoms with Gasteiger partial charge in [0.2, 0.25) is 0 Å². The first-order chi connectivity index (χ1) is 8.98. The Bertz CT molecular complexity index is 349. The molecule has 1 aliphatic heterocycles. The van der Waals surface area contributed by atoms with Crippen LogP contribution >= 0.6 is 0 Å². The lowest BCUT2D eigenvalue weighted by molar-refractivity contribution is -0.137. The summed E-state index contributed by atoms with van der Waals surface area (Å²) in [6.45, 7) is 3.58. The number of nitrogens with one attached hydrogen (secondary N) is 1. The summed E-state index contributed by atoms with van der Waals surface area (Å²) in [4.78, 5) is 24.5. The van der Waals surface area contributed by atoms with Crippen molar-refractivity contribution in [3.8, 4) is 0 Å². The Morgan fingerprint density at radius 3 is 2.53 bits per heavy atom. The molecule has 1 heterocycles. The summed E-state index contributed by atoms with van der Waals surface area (Å²) in [7, 11) is 0. The van der Waals surface area contributed by atoms with Gasteiger partial charge in [-0.3, -0.25) is 4.79 Å². The fourth-order valence-electron chi connectivity index (χ4n) is 2.28. The van der Waals surface area contributed by atoms with E-state index in [1.54, 1.807) is 0 Å². The first kappa shape index (κ1) is 14.1. The number of amides is 2. The van der Waals surface area contributed by atoms with E-state index in [1.165, 1.54) is 4.90 Å². The van der Waals surface area contributed by atoms with E-state index in [-0.39, 0.29) is 18.1 Å². The molecule has 2 N–H and O–H groups in total. The molecule has 2 amide bonds. The maximum atomic E-state index is 12.2. The smallest absolute Gasteiger partial charge is 0.323 e. The monoisotopic (exact) mass is 270 g/mol. The third-order valence-electron chi connectivity index (χ3n) is 3.79. The fourth-order valence-corrected chi connectivity index (χ4v) is 2.28. The number of carboxylic acid groups (broad SMARTS) is 1. The van der Waals surface area contributed by atoms with Crippen molar-refractivity contribution >= 4 is 12.0 Å². The Kier molecular flexibility index (Phi) is 4.29. The molecular formula is C13H22N2O4. The Balaban J connectivity index is 1.91. The highest BCUT2D eigenvalue weighted by molar-refractivity contribution is 5.80. The topological polar surface area (TPSA) is 78.9 Å². The van der Waals surface area contributed by atoms with Crippen molar-refractivity contribution in [2.45, 2.75) is 38.1 Å². The number of carbonyl (C=O) groups is 2. The molecule has 6 heteroatoms. The van der Waals surface area contributed by atoms with Crippen molar-refractivity contribution in [3.63, 3.8) is 0 Å². The zero-order valence-corrected chi connectivity index (χ0v) is 11.4. The first-order valence-electron chi connectivity index (χ1n) is 6.85. The Labute approximate surface area is 113 Å². The van der Waals surface area contributed by atoms with Gasteiger partial charge in [-0.2, -0.15) is 0 Å². The van der Waals surface area contributed by atoms with Crippen LogP contribution in [0.5, 0.6) is 0 Å². The van der Waals surface area contributed by atoms with Gasteiger partial charge >= 0.3 is 12.0 Å². The van der Waals surface area contributed by atoms with E-state index in [1.807, 2.05) is 6.92 Å². The van der Waals surface area contributed by atoms with Crippen LogP contribution in [0, 0.1) is 5.92 Å². The molecular weight excluding hydrogens is 248 g/mol. The summed E-state index contributed by atoms with van der Waals surface area (Å²) in [6, 6.07) is -0.265. The lowest BCUT2D eigenvalue weighted by atomic mass is 9.93. The number of carboxylic acids is 1. The van der Waals surface area contributed by atoms with Crippen LogP contribution in [0.15, 0.2) is 0 Å². The van der Waals surface area contributed by atoms with Crippen molar-refractivity contribution in [1.29, 1.82) is 0 Å². The molecule has 0 aromatic heterocycles. The van der Waals surface area contributed by atoms with Gasteiger partial charge in [0.05, 0.1) is 0 Å². The van der Waals surface area contributed by atoms with E-state index >= 15 is 0 Å². The van der Waals surface area contributed by atoms with E-state index < -0.39 is 5.97 Å². The second kappa shape index (κ2) is 5.77. The Morgan fingerprint density at radius 2 is 2.00 bits per heavy atom. The van der Waals surface area contributed by atoms with E-state index in [2.05, 4.69) is 5.32 Å². The van der Waals surface area contributed by atoms with Crippen molar-refractivity contribution in [3.05, 3.63) is 0 Å². The number of rotatable bonds is 5. The molecule has 0 radical (unpaired) electrons. The average Bonchev–Trinajstić information content (AvgIpc) is 3.12. The van der Waals surface area contributed by atoms with Gasteiger partial charge in [-0.25, -0.2) is 4.79 Å². The number of hydrogen-bond acceptors (Lipinski definition) is 3. The summed E-state index contributed by atoms with van der Waals surface area (Å²) in [5, 5.41) is 11.9. The molecule has 108 valence electrons. The quantitative estimate of drug-likeness (QED) is 0.783. The number of urea groups is 1. The van der Waals surface area contributed by atoms with E-state index in [0.29, 0.717) is 25.7 Å². The van der Waals surface area contributed by atoms with Gasteiger partial charge in [-0.05, 0) is 38.5 Å².